The summed E-state index contributed by atoms with van der Waals surface area (Å²) < 4.78 is 0. The maximum absolute atomic E-state index is 13.1. The van der Waals surface area contributed by atoms with Crippen LogP contribution < -0.4 is 5.32 Å². The molecule has 2 saturated heterocycles. The van der Waals surface area contributed by atoms with Gasteiger partial charge in [0.1, 0.15) is 5.78 Å². The van der Waals surface area contributed by atoms with Crippen molar-refractivity contribution in [2.75, 3.05) is 18.4 Å². The van der Waals surface area contributed by atoms with Gasteiger partial charge in [0.05, 0.1) is 5.54 Å². The molecule has 114 valence electrons. The fourth-order valence-corrected chi connectivity index (χ4v) is 7.24. The van der Waals surface area contributed by atoms with Crippen molar-refractivity contribution in [3.05, 3.63) is 29.8 Å². The lowest BCUT2D eigenvalue weighted by molar-refractivity contribution is -0.157. The van der Waals surface area contributed by atoms with Crippen molar-refractivity contribution in [2.24, 2.45) is 5.41 Å². The van der Waals surface area contributed by atoms with Gasteiger partial charge in [0.15, 0.2) is 0 Å². The number of anilines is 1. The molecule has 22 heavy (non-hydrogen) atoms. The number of carbonyl (C=O) groups is 1. The van der Waals surface area contributed by atoms with Crippen molar-refractivity contribution in [1.82, 2.24) is 4.90 Å². The largest absolute Gasteiger partial charge is 0.378 e. The number of carbonyl (C=O) groups excluding carboxylic acids is 1. The van der Waals surface area contributed by atoms with E-state index >= 15 is 0 Å². The van der Waals surface area contributed by atoms with Crippen LogP contribution in [0.25, 0.3) is 0 Å². The van der Waals surface area contributed by atoms with E-state index in [0.29, 0.717) is 11.8 Å². The molecule has 3 spiro atoms. The Bertz CT molecular complexity index is 715. The molecule has 3 heterocycles. The molecule has 3 saturated carbocycles. The number of fused-ring (bicyclic) bond motifs is 3. The Morgan fingerprint density at radius 1 is 1.09 bits per heavy atom. The molecule has 1 N–H and O–H groups in total. The number of nitrogens with one attached hydrogen (secondary N) is 1. The molecular formula is C19H22N2O. The van der Waals surface area contributed by atoms with Gasteiger partial charge in [0.25, 0.3) is 0 Å². The number of Topliss-reactive ketones (excluding diaryl/α,β-unsaturated/α-hetero) is 1. The summed E-state index contributed by atoms with van der Waals surface area (Å²) in [5.74, 6) is 0.561. The highest BCUT2D eigenvalue weighted by atomic mass is 16.1. The first-order valence-electron chi connectivity index (χ1n) is 8.87. The Kier molecular flexibility index (Phi) is 1.89. The smallest absolute Gasteiger partial charge is 0.143 e. The van der Waals surface area contributed by atoms with Crippen LogP contribution in [-0.4, -0.2) is 35.4 Å². The zero-order valence-corrected chi connectivity index (χ0v) is 12.9. The molecule has 0 amide bonds. The monoisotopic (exact) mass is 294 g/mol. The van der Waals surface area contributed by atoms with Crippen molar-refractivity contribution >= 4 is 11.5 Å². The number of benzene rings is 1. The van der Waals surface area contributed by atoms with E-state index in [4.69, 9.17) is 0 Å². The highest BCUT2D eigenvalue weighted by Crippen LogP contribution is 2.71. The lowest BCUT2D eigenvalue weighted by Gasteiger charge is -2.65. The molecule has 0 aromatic heterocycles. The van der Waals surface area contributed by atoms with Gasteiger partial charge in [0.2, 0.25) is 0 Å². The second kappa shape index (κ2) is 3.43. The number of hydrogen-bond donors (Lipinski definition) is 1. The quantitative estimate of drug-likeness (QED) is 0.798. The zero-order valence-electron chi connectivity index (χ0n) is 12.9. The van der Waals surface area contributed by atoms with Crippen molar-refractivity contribution in [2.45, 2.75) is 55.5 Å². The predicted molar refractivity (Wildman–Crippen MR) is 85.0 cm³/mol. The normalized spacial score (nSPS) is 47.8. The van der Waals surface area contributed by atoms with E-state index in [1.54, 1.807) is 0 Å². The molecule has 1 aromatic carbocycles. The number of para-hydroxylation sites is 1. The number of piperidine rings is 1. The summed E-state index contributed by atoms with van der Waals surface area (Å²) in [5.41, 5.74) is 2.99. The van der Waals surface area contributed by atoms with E-state index in [9.17, 15) is 4.79 Å². The average Bonchev–Trinajstić information content (AvgIpc) is 3.06. The minimum atomic E-state index is -0.0321. The lowest BCUT2D eigenvalue weighted by atomic mass is 9.41. The molecule has 2 bridgehead atoms. The van der Waals surface area contributed by atoms with Gasteiger partial charge in [-0.3, -0.25) is 9.69 Å². The lowest BCUT2D eigenvalue weighted by Crippen LogP contribution is -2.75. The van der Waals surface area contributed by atoms with Crippen LogP contribution in [0.1, 0.15) is 44.1 Å². The second-order valence-corrected chi connectivity index (χ2v) is 8.27. The molecule has 4 atom stereocenters. The summed E-state index contributed by atoms with van der Waals surface area (Å²) in [6, 6.07) is 9.35. The second-order valence-electron chi connectivity index (χ2n) is 8.27. The van der Waals surface area contributed by atoms with Gasteiger partial charge in [-0.1, -0.05) is 18.2 Å². The maximum atomic E-state index is 13.1. The summed E-state index contributed by atoms with van der Waals surface area (Å²) in [6.45, 7) is 2.37. The molecule has 4 unspecified atom stereocenters. The van der Waals surface area contributed by atoms with Crippen molar-refractivity contribution < 1.29 is 4.79 Å². The van der Waals surface area contributed by atoms with Crippen molar-refractivity contribution in [3.8, 4) is 0 Å². The van der Waals surface area contributed by atoms with Crippen molar-refractivity contribution in [3.63, 3.8) is 0 Å². The standard InChI is InChI=1S/C19H22N2O/c22-15-12-18-8-7-17(15)6-3-10-21-11-9-19(18,16(17)21)13-4-1-2-5-14(13)20-18/h1-2,4-5,16,20H,3,6-12H2. The summed E-state index contributed by atoms with van der Waals surface area (Å²) >= 11 is 0. The van der Waals surface area contributed by atoms with Crippen LogP contribution in [0.4, 0.5) is 5.69 Å². The summed E-state index contributed by atoms with van der Waals surface area (Å²) in [6.07, 6.45) is 6.61. The molecule has 7 rings (SSSR count). The minimum Gasteiger partial charge on any atom is -0.378 e. The molecule has 3 nitrogen and oxygen atoms in total. The number of nitrogens with zero attached hydrogens (tertiary/aromatic N) is 1. The van der Waals surface area contributed by atoms with Crippen molar-refractivity contribution in [1.29, 1.82) is 0 Å². The van der Waals surface area contributed by atoms with Crippen LogP contribution in [-0.2, 0) is 10.2 Å². The Hall–Kier alpha value is -1.35. The predicted octanol–water partition coefficient (Wildman–Crippen LogP) is 2.71. The van der Waals surface area contributed by atoms with E-state index in [2.05, 4.69) is 34.5 Å². The first-order valence-corrected chi connectivity index (χ1v) is 8.87. The highest BCUT2D eigenvalue weighted by Gasteiger charge is 2.77. The number of hydrogen-bond acceptors (Lipinski definition) is 3. The third kappa shape index (κ3) is 0.989. The minimum absolute atomic E-state index is 0.00623. The topological polar surface area (TPSA) is 32.3 Å². The SMILES string of the molecule is O=C1CC23CCC14CCCN1CCC2(c2ccccc2N3)C14. The van der Waals surface area contributed by atoms with Crippen LogP contribution in [0.15, 0.2) is 24.3 Å². The van der Waals surface area contributed by atoms with Gasteiger partial charge in [-0.2, -0.15) is 0 Å². The van der Waals surface area contributed by atoms with Crippen LogP contribution >= 0.6 is 0 Å². The van der Waals surface area contributed by atoms with E-state index in [1.807, 2.05) is 0 Å². The van der Waals surface area contributed by atoms with Gasteiger partial charge in [0, 0.05) is 29.0 Å². The van der Waals surface area contributed by atoms with Gasteiger partial charge >= 0.3 is 0 Å². The van der Waals surface area contributed by atoms with E-state index in [1.165, 1.54) is 43.6 Å². The Balaban J connectivity index is 1.69. The first kappa shape index (κ1) is 12.1. The summed E-state index contributed by atoms with van der Waals surface area (Å²) in [7, 11) is 0. The van der Waals surface area contributed by atoms with E-state index in [-0.39, 0.29) is 16.4 Å². The number of rotatable bonds is 0. The molecule has 5 fully saturated rings. The number of ketones is 1. The van der Waals surface area contributed by atoms with Crippen LogP contribution in [0.3, 0.4) is 0 Å². The zero-order chi connectivity index (χ0) is 14.6. The molecule has 3 aliphatic heterocycles. The van der Waals surface area contributed by atoms with Gasteiger partial charge in [-0.25, -0.2) is 0 Å². The van der Waals surface area contributed by atoms with Gasteiger partial charge in [-0.05, 0) is 56.8 Å². The van der Waals surface area contributed by atoms with E-state index < -0.39 is 0 Å². The van der Waals surface area contributed by atoms with Crippen LogP contribution in [0.5, 0.6) is 0 Å². The summed E-state index contributed by atoms with van der Waals surface area (Å²) in [4.78, 5) is 15.8. The molecule has 3 aliphatic carbocycles. The molecular weight excluding hydrogens is 272 g/mol. The van der Waals surface area contributed by atoms with Gasteiger partial charge < -0.3 is 5.32 Å². The fourth-order valence-electron chi connectivity index (χ4n) is 7.24. The van der Waals surface area contributed by atoms with E-state index in [0.717, 1.165) is 19.3 Å². The Morgan fingerprint density at radius 3 is 2.91 bits per heavy atom. The average molecular weight is 294 g/mol. The fraction of sp³-hybridized carbons (Fsp3) is 0.632. The third-order valence-electron chi connectivity index (χ3n) is 7.87. The maximum Gasteiger partial charge on any atom is 0.143 e. The third-order valence-corrected chi connectivity index (χ3v) is 7.87. The highest BCUT2D eigenvalue weighted by molar-refractivity contribution is 5.93. The summed E-state index contributed by atoms with van der Waals surface area (Å²) in [5, 5.41) is 3.87. The molecule has 6 aliphatic rings. The molecule has 0 radical (unpaired) electrons. The first-order chi connectivity index (χ1) is 10.7. The van der Waals surface area contributed by atoms with Gasteiger partial charge in [-0.15, -0.1) is 0 Å². The van der Waals surface area contributed by atoms with Crippen LogP contribution in [0, 0.1) is 5.41 Å². The molecule has 3 heteroatoms. The molecule has 1 aromatic rings. The van der Waals surface area contributed by atoms with Crippen LogP contribution in [0.2, 0.25) is 0 Å². The Morgan fingerprint density at radius 2 is 2.00 bits per heavy atom. The Labute approximate surface area is 131 Å².